The number of primary amides is 1. The summed E-state index contributed by atoms with van der Waals surface area (Å²) in [6.07, 6.45) is -5.17. The van der Waals surface area contributed by atoms with Gasteiger partial charge in [0.15, 0.2) is 0 Å². The molecule has 0 aliphatic carbocycles. The summed E-state index contributed by atoms with van der Waals surface area (Å²) in [7, 11) is 0. The Morgan fingerprint density at radius 1 is 1.03 bits per heavy atom. The number of carbonyl (C=O) groups excluding carboxylic acids is 4. The Hall–Kier alpha value is -3.11. The van der Waals surface area contributed by atoms with Gasteiger partial charge in [-0.3, -0.25) is 19.2 Å². The molecule has 0 saturated heterocycles. The summed E-state index contributed by atoms with van der Waals surface area (Å²) in [5.74, 6) is -5.34. The number of hydrogen-bond acceptors (Lipinski definition) is 6. The number of alkyl halides is 3. The molecular formula is C18H21F3N2O6. The molecule has 0 aliphatic rings. The molecule has 2 atom stereocenters. The van der Waals surface area contributed by atoms with Crippen LogP contribution >= 0.6 is 0 Å². The minimum absolute atomic E-state index is 0.0214. The summed E-state index contributed by atoms with van der Waals surface area (Å²) < 4.78 is 47.5. The van der Waals surface area contributed by atoms with Crippen LogP contribution in [0.25, 0.3) is 0 Å². The monoisotopic (exact) mass is 418 g/mol. The first-order valence-corrected chi connectivity index (χ1v) is 8.60. The summed E-state index contributed by atoms with van der Waals surface area (Å²) in [5, 5.41) is 2.17. The number of halogens is 3. The lowest BCUT2D eigenvalue weighted by molar-refractivity contribution is -0.156. The number of amides is 2. The molecule has 160 valence electrons. The fourth-order valence-corrected chi connectivity index (χ4v) is 2.39. The molecule has 1 aromatic rings. The fraction of sp³-hybridized carbons (Fsp3) is 0.444. The highest BCUT2D eigenvalue weighted by Gasteiger charge is 2.37. The van der Waals surface area contributed by atoms with Gasteiger partial charge in [-0.15, -0.1) is 0 Å². The van der Waals surface area contributed by atoms with Crippen molar-refractivity contribution in [3.05, 3.63) is 35.4 Å². The molecule has 3 N–H and O–H groups in total. The number of esters is 2. The van der Waals surface area contributed by atoms with E-state index < -0.39 is 53.9 Å². The number of benzene rings is 1. The van der Waals surface area contributed by atoms with E-state index in [1.54, 1.807) is 0 Å². The maximum Gasteiger partial charge on any atom is 0.416 e. The predicted octanol–water partition coefficient (Wildman–Crippen LogP) is 1.42. The first-order chi connectivity index (χ1) is 13.5. The number of carbonyl (C=O) groups is 4. The van der Waals surface area contributed by atoms with Gasteiger partial charge in [-0.1, -0.05) is 0 Å². The Labute approximate surface area is 164 Å². The van der Waals surface area contributed by atoms with Crippen molar-refractivity contribution in [1.82, 2.24) is 5.32 Å². The highest BCUT2D eigenvalue weighted by molar-refractivity contribution is 5.99. The SMILES string of the molecule is CCOC(=O)C[C@@H](C(=O)OCC)[C@H](NC(=O)c1ccc(C(F)(F)F)cc1)C(N)=O. The maximum atomic E-state index is 12.6. The van der Waals surface area contributed by atoms with Crippen molar-refractivity contribution in [2.24, 2.45) is 11.7 Å². The average molecular weight is 418 g/mol. The lowest BCUT2D eigenvalue weighted by Gasteiger charge is -2.23. The zero-order chi connectivity index (χ0) is 22.2. The first kappa shape index (κ1) is 23.9. The van der Waals surface area contributed by atoms with Gasteiger partial charge in [-0.2, -0.15) is 13.2 Å². The molecule has 11 heteroatoms. The normalized spacial score (nSPS) is 13.1. The van der Waals surface area contributed by atoms with Crippen LogP contribution in [0.4, 0.5) is 13.2 Å². The third-order valence-electron chi connectivity index (χ3n) is 3.75. The fourth-order valence-electron chi connectivity index (χ4n) is 2.39. The number of rotatable bonds is 9. The van der Waals surface area contributed by atoms with E-state index in [-0.39, 0.29) is 18.8 Å². The van der Waals surface area contributed by atoms with Crippen LogP contribution in [-0.4, -0.2) is 43.0 Å². The Kier molecular flexibility index (Phi) is 8.61. The van der Waals surface area contributed by atoms with Crippen LogP contribution in [0, 0.1) is 5.92 Å². The van der Waals surface area contributed by atoms with Gasteiger partial charge in [-0.25, -0.2) is 0 Å². The van der Waals surface area contributed by atoms with E-state index in [0.717, 1.165) is 12.1 Å². The molecule has 1 aromatic carbocycles. The number of nitrogens with one attached hydrogen (secondary N) is 1. The molecule has 0 fully saturated rings. The van der Waals surface area contributed by atoms with Gasteiger partial charge in [-0.05, 0) is 38.1 Å². The molecule has 29 heavy (non-hydrogen) atoms. The van der Waals surface area contributed by atoms with Crippen molar-refractivity contribution in [3.63, 3.8) is 0 Å². The van der Waals surface area contributed by atoms with Crippen molar-refractivity contribution in [1.29, 1.82) is 0 Å². The summed E-state index contributed by atoms with van der Waals surface area (Å²) >= 11 is 0. The van der Waals surface area contributed by atoms with Crippen LogP contribution in [0.2, 0.25) is 0 Å². The van der Waals surface area contributed by atoms with Gasteiger partial charge >= 0.3 is 18.1 Å². The first-order valence-electron chi connectivity index (χ1n) is 8.60. The summed E-state index contributed by atoms with van der Waals surface area (Å²) in [5.41, 5.74) is 4.10. The smallest absolute Gasteiger partial charge is 0.416 e. The molecule has 0 unspecified atom stereocenters. The average Bonchev–Trinajstić information content (AvgIpc) is 2.64. The maximum absolute atomic E-state index is 12.6. The molecule has 1 rings (SSSR count). The third-order valence-corrected chi connectivity index (χ3v) is 3.75. The van der Waals surface area contributed by atoms with Crippen LogP contribution in [0.5, 0.6) is 0 Å². The van der Waals surface area contributed by atoms with Gasteiger partial charge in [0, 0.05) is 5.56 Å². The third kappa shape index (κ3) is 7.09. The van der Waals surface area contributed by atoms with Crippen molar-refractivity contribution in [3.8, 4) is 0 Å². The standard InChI is InChI=1S/C18H21F3N2O6/c1-3-28-13(24)9-12(17(27)29-4-2)14(15(22)25)23-16(26)10-5-7-11(8-6-10)18(19,20)21/h5-8,12,14H,3-4,9H2,1-2H3,(H2,22,25)(H,23,26)/t12-,14+/m1/s1. The van der Waals surface area contributed by atoms with Gasteiger partial charge in [0.1, 0.15) is 6.04 Å². The van der Waals surface area contributed by atoms with Crippen molar-refractivity contribution in [2.75, 3.05) is 13.2 Å². The second-order valence-electron chi connectivity index (χ2n) is 5.80. The number of hydrogen-bond donors (Lipinski definition) is 2. The highest BCUT2D eigenvalue weighted by Crippen LogP contribution is 2.29. The molecular weight excluding hydrogens is 397 g/mol. The quantitative estimate of drug-likeness (QED) is 0.585. The highest BCUT2D eigenvalue weighted by atomic mass is 19.4. The summed E-state index contributed by atoms with van der Waals surface area (Å²) in [6, 6.07) is 1.54. The Balaban J connectivity index is 3.08. The molecule has 0 bridgehead atoms. The van der Waals surface area contributed by atoms with Gasteiger partial charge in [0.2, 0.25) is 5.91 Å². The zero-order valence-electron chi connectivity index (χ0n) is 15.7. The molecule has 0 aliphatic heterocycles. The van der Waals surface area contributed by atoms with Crippen molar-refractivity contribution < 1.29 is 41.8 Å². The van der Waals surface area contributed by atoms with E-state index in [9.17, 15) is 32.3 Å². The van der Waals surface area contributed by atoms with E-state index in [2.05, 4.69) is 5.32 Å². The van der Waals surface area contributed by atoms with Gasteiger partial charge in [0.25, 0.3) is 5.91 Å². The lowest BCUT2D eigenvalue weighted by Crippen LogP contribution is -2.52. The molecule has 0 aromatic heterocycles. The van der Waals surface area contributed by atoms with Crippen molar-refractivity contribution in [2.45, 2.75) is 32.5 Å². The van der Waals surface area contributed by atoms with Crippen LogP contribution in [0.15, 0.2) is 24.3 Å². The van der Waals surface area contributed by atoms with E-state index >= 15 is 0 Å². The van der Waals surface area contributed by atoms with Crippen LogP contribution < -0.4 is 11.1 Å². The van der Waals surface area contributed by atoms with E-state index in [1.807, 2.05) is 0 Å². The molecule has 0 saturated carbocycles. The lowest BCUT2D eigenvalue weighted by atomic mass is 9.95. The zero-order valence-corrected chi connectivity index (χ0v) is 15.7. The van der Waals surface area contributed by atoms with Crippen LogP contribution in [0.3, 0.4) is 0 Å². The van der Waals surface area contributed by atoms with Gasteiger partial charge in [0.05, 0.1) is 31.1 Å². The van der Waals surface area contributed by atoms with E-state index in [4.69, 9.17) is 15.2 Å². The Morgan fingerprint density at radius 3 is 2.03 bits per heavy atom. The number of ether oxygens (including phenoxy) is 2. The Bertz CT molecular complexity index is 749. The summed E-state index contributed by atoms with van der Waals surface area (Å²) in [6.45, 7) is 3.00. The van der Waals surface area contributed by atoms with Crippen LogP contribution in [-0.2, 0) is 30.0 Å². The second kappa shape index (κ2) is 10.4. The Morgan fingerprint density at radius 2 is 1.59 bits per heavy atom. The minimum atomic E-state index is -4.58. The number of nitrogens with two attached hydrogens (primary N) is 1. The predicted molar refractivity (Wildman–Crippen MR) is 93.3 cm³/mol. The summed E-state index contributed by atoms with van der Waals surface area (Å²) in [4.78, 5) is 48.2. The van der Waals surface area contributed by atoms with E-state index in [1.165, 1.54) is 13.8 Å². The molecule has 2 amide bonds. The topological polar surface area (TPSA) is 125 Å². The largest absolute Gasteiger partial charge is 0.466 e. The molecule has 0 radical (unpaired) electrons. The second-order valence-corrected chi connectivity index (χ2v) is 5.80. The molecule has 0 heterocycles. The van der Waals surface area contributed by atoms with Crippen LogP contribution in [0.1, 0.15) is 36.2 Å². The molecule has 8 nitrogen and oxygen atoms in total. The van der Waals surface area contributed by atoms with Crippen molar-refractivity contribution >= 4 is 23.8 Å². The van der Waals surface area contributed by atoms with E-state index in [0.29, 0.717) is 12.1 Å². The minimum Gasteiger partial charge on any atom is -0.466 e. The molecule has 0 spiro atoms. The van der Waals surface area contributed by atoms with Gasteiger partial charge < -0.3 is 20.5 Å².